The second-order valence-corrected chi connectivity index (χ2v) is 4.07. The zero-order chi connectivity index (χ0) is 14.8. The van der Waals surface area contributed by atoms with E-state index in [1.807, 2.05) is 30.3 Å². The van der Waals surface area contributed by atoms with Crippen LogP contribution in [0.3, 0.4) is 0 Å². The van der Waals surface area contributed by atoms with E-state index in [9.17, 15) is 4.79 Å². The molecule has 1 unspecified atom stereocenters. The molecule has 1 atom stereocenters. The molecule has 7 nitrogen and oxygen atoms in total. The highest BCUT2D eigenvalue weighted by Gasteiger charge is 2.10. The molecule has 1 amide bonds. The van der Waals surface area contributed by atoms with Crippen LogP contribution in [0.15, 0.2) is 40.5 Å². The monoisotopic (exact) mass is 275 g/mol. The number of hydrogen-bond acceptors (Lipinski definition) is 4. The Morgan fingerprint density at radius 3 is 2.75 bits per heavy atom. The van der Waals surface area contributed by atoms with E-state index in [0.717, 1.165) is 12.0 Å². The second kappa shape index (κ2) is 8.55. The topological polar surface area (TPSA) is 99.5 Å². The first-order valence-corrected chi connectivity index (χ1v) is 6.16. The van der Waals surface area contributed by atoms with Crippen molar-refractivity contribution in [3.8, 4) is 0 Å². The molecule has 1 rings (SSSR count). The predicted octanol–water partition coefficient (Wildman–Crippen LogP) is 3.03. The Morgan fingerprint density at radius 2 is 2.15 bits per heavy atom. The third-order valence-electron chi connectivity index (χ3n) is 2.70. The number of aryl methyl sites for hydroxylation is 1. The summed E-state index contributed by atoms with van der Waals surface area (Å²) in [6.07, 6.45) is 0.664. The standard InChI is InChI=1S/C13H17N5O2/c1-10(15-18-14)12(16-17-13(19)20-2)9-8-11-6-4-3-5-7-11/h3-7,10H,8-9H2,1-2H3,(H,17,19)/b16-12-. The number of hydrazone groups is 1. The average molecular weight is 275 g/mol. The summed E-state index contributed by atoms with van der Waals surface area (Å²) in [6, 6.07) is 9.43. The fourth-order valence-corrected chi connectivity index (χ4v) is 1.58. The molecular formula is C13H17N5O2. The van der Waals surface area contributed by atoms with Crippen molar-refractivity contribution < 1.29 is 9.53 Å². The van der Waals surface area contributed by atoms with Crippen molar-refractivity contribution in [1.29, 1.82) is 0 Å². The van der Waals surface area contributed by atoms with Crippen LogP contribution < -0.4 is 5.43 Å². The molecule has 0 heterocycles. The molecule has 1 N–H and O–H groups in total. The lowest BCUT2D eigenvalue weighted by molar-refractivity contribution is 0.171. The van der Waals surface area contributed by atoms with E-state index in [1.165, 1.54) is 7.11 Å². The van der Waals surface area contributed by atoms with Crippen LogP contribution in [0, 0.1) is 0 Å². The molecule has 0 spiro atoms. The summed E-state index contributed by atoms with van der Waals surface area (Å²) in [5, 5.41) is 7.55. The van der Waals surface area contributed by atoms with E-state index in [0.29, 0.717) is 12.1 Å². The van der Waals surface area contributed by atoms with Gasteiger partial charge in [-0.3, -0.25) is 0 Å². The van der Waals surface area contributed by atoms with Gasteiger partial charge in [-0.15, -0.1) is 0 Å². The number of carbonyl (C=O) groups is 1. The number of ether oxygens (including phenoxy) is 1. The van der Waals surface area contributed by atoms with Gasteiger partial charge in [0.05, 0.1) is 13.2 Å². The number of nitrogens with zero attached hydrogens (tertiary/aromatic N) is 4. The molecule has 0 aliphatic heterocycles. The molecule has 0 saturated carbocycles. The SMILES string of the molecule is COC(=O)N/N=C(/CCc1ccccc1)C(C)N=[N+]=[N-]. The summed E-state index contributed by atoms with van der Waals surface area (Å²) < 4.78 is 4.44. The van der Waals surface area contributed by atoms with Crippen LogP contribution in [0.25, 0.3) is 10.4 Å². The first kappa shape index (κ1) is 15.5. The van der Waals surface area contributed by atoms with Crippen LogP contribution >= 0.6 is 0 Å². The highest BCUT2D eigenvalue weighted by molar-refractivity contribution is 5.90. The Hall–Kier alpha value is -2.53. The minimum absolute atomic E-state index is 0.430. The lowest BCUT2D eigenvalue weighted by Crippen LogP contribution is -2.24. The van der Waals surface area contributed by atoms with Crippen molar-refractivity contribution in [2.75, 3.05) is 7.11 Å². The predicted molar refractivity (Wildman–Crippen MR) is 76.3 cm³/mol. The molecule has 1 aromatic rings. The van der Waals surface area contributed by atoms with Gasteiger partial charge in [0.1, 0.15) is 0 Å². The molecule has 0 fully saturated rings. The second-order valence-electron chi connectivity index (χ2n) is 4.07. The van der Waals surface area contributed by atoms with Gasteiger partial charge in [0.2, 0.25) is 0 Å². The van der Waals surface area contributed by atoms with Crippen LogP contribution in [0.5, 0.6) is 0 Å². The van der Waals surface area contributed by atoms with Gasteiger partial charge in [0, 0.05) is 10.6 Å². The minimum Gasteiger partial charge on any atom is -0.452 e. The molecule has 0 aliphatic rings. The quantitative estimate of drug-likeness (QED) is 0.284. The van der Waals surface area contributed by atoms with Gasteiger partial charge >= 0.3 is 6.09 Å². The summed E-state index contributed by atoms with van der Waals surface area (Å²) >= 11 is 0. The zero-order valence-electron chi connectivity index (χ0n) is 11.5. The van der Waals surface area contributed by atoms with E-state index >= 15 is 0 Å². The summed E-state index contributed by atoms with van der Waals surface area (Å²) in [5.41, 5.74) is 12.5. The summed E-state index contributed by atoms with van der Waals surface area (Å²) in [4.78, 5) is 13.8. The third-order valence-corrected chi connectivity index (χ3v) is 2.70. The molecular weight excluding hydrogens is 258 g/mol. The van der Waals surface area contributed by atoms with Gasteiger partial charge in [-0.25, -0.2) is 10.2 Å². The number of nitrogens with one attached hydrogen (secondary N) is 1. The first-order chi connectivity index (χ1) is 9.67. The van der Waals surface area contributed by atoms with Crippen LogP contribution in [-0.2, 0) is 11.2 Å². The minimum atomic E-state index is -0.657. The molecule has 106 valence electrons. The highest BCUT2D eigenvalue weighted by Crippen LogP contribution is 2.07. The molecule has 7 heteroatoms. The highest BCUT2D eigenvalue weighted by atomic mass is 16.5. The van der Waals surface area contributed by atoms with Crippen LogP contribution in [-0.4, -0.2) is 25.0 Å². The number of methoxy groups -OCH3 is 1. The van der Waals surface area contributed by atoms with E-state index in [1.54, 1.807) is 6.92 Å². The maximum Gasteiger partial charge on any atom is 0.427 e. The van der Waals surface area contributed by atoms with Gasteiger partial charge in [0.25, 0.3) is 0 Å². The number of rotatable bonds is 6. The van der Waals surface area contributed by atoms with Crippen molar-refractivity contribution in [2.45, 2.75) is 25.8 Å². The van der Waals surface area contributed by atoms with Gasteiger partial charge in [0.15, 0.2) is 0 Å². The Labute approximate surface area is 117 Å². The molecule has 1 aromatic carbocycles. The van der Waals surface area contributed by atoms with Crippen molar-refractivity contribution in [3.63, 3.8) is 0 Å². The van der Waals surface area contributed by atoms with Gasteiger partial charge in [-0.05, 0) is 23.9 Å². The van der Waals surface area contributed by atoms with Crippen molar-refractivity contribution in [3.05, 3.63) is 46.3 Å². The maximum absolute atomic E-state index is 11.0. The fraction of sp³-hybridized carbons (Fsp3) is 0.385. The van der Waals surface area contributed by atoms with Crippen LogP contribution in [0.2, 0.25) is 0 Å². The van der Waals surface area contributed by atoms with Crippen molar-refractivity contribution in [2.24, 2.45) is 10.2 Å². The Morgan fingerprint density at radius 1 is 1.45 bits per heavy atom. The van der Waals surface area contributed by atoms with Crippen LogP contribution in [0.4, 0.5) is 4.79 Å². The molecule has 0 aliphatic carbocycles. The largest absolute Gasteiger partial charge is 0.452 e. The van der Waals surface area contributed by atoms with E-state index in [2.05, 4.69) is 25.3 Å². The lowest BCUT2D eigenvalue weighted by atomic mass is 10.0. The molecule has 0 saturated heterocycles. The van der Waals surface area contributed by atoms with Crippen molar-refractivity contribution in [1.82, 2.24) is 5.43 Å². The molecule has 0 aromatic heterocycles. The fourth-order valence-electron chi connectivity index (χ4n) is 1.58. The maximum atomic E-state index is 11.0. The van der Waals surface area contributed by atoms with Gasteiger partial charge in [-0.1, -0.05) is 42.4 Å². The third kappa shape index (κ3) is 5.41. The van der Waals surface area contributed by atoms with Gasteiger partial charge < -0.3 is 4.74 Å². The Kier molecular flexibility index (Phi) is 6.64. The zero-order valence-corrected chi connectivity index (χ0v) is 11.5. The number of carbonyl (C=O) groups excluding carboxylic acids is 1. The Balaban J connectivity index is 2.72. The van der Waals surface area contributed by atoms with Crippen molar-refractivity contribution >= 4 is 11.8 Å². The number of amides is 1. The molecule has 0 bridgehead atoms. The average Bonchev–Trinajstić information content (AvgIpc) is 2.48. The smallest absolute Gasteiger partial charge is 0.427 e. The molecule has 20 heavy (non-hydrogen) atoms. The van der Waals surface area contributed by atoms with E-state index < -0.39 is 12.1 Å². The summed E-state index contributed by atoms with van der Waals surface area (Å²) in [7, 11) is 1.26. The number of benzene rings is 1. The molecule has 0 radical (unpaired) electrons. The van der Waals surface area contributed by atoms with Crippen LogP contribution in [0.1, 0.15) is 18.9 Å². The van der Waals surface area contributed by atoms with E-state index in [4.69, 9.17) is 5.53 Å². The van der Waals surface area contributed by atoms with Gasteiger partial charge in [-0.2, -0.15) is 5.10 Å². The lowest BCUT2D eigenvalue weighted by Gasteiger charge is -2.10. The first-order valence-electron chi connectivity index (χ1n) is 6.16. The van der Waals surface area contributed by atoms with E-state index in [-0.39, 0.29) is 0 Å². The Bertz CT molecular complexity index is 509. The number of hydrogen-bond donors (Lipinski definition) is 1. The normalized spacial score (nSPS) is 12.2. The number of azide groups is 1. The summed E-state index contributed by atoms with van der Waals surface area (Å²) in [5.74, 6) is 0. The summed E-state index contributed by atoms with van der Waals surface area (Å²) in [6.45, 7) is 1.72.